The largest absolute Gasteiger partial charge is 0.468 e. The number of dihydropyridines is 1. The first-order valence-corrected chi connectivity index (χ1v) is 11.4. The number of ether oxygens (including phenoxy) is 2. The Kier molecular flexibility index (Phi) is 6.28. The Morgan fingerprint density at radius 2 is 1.91 bits per heavy atom. The molecule has 0 unspecified atom stereocenters. The maximum atomic E-state index is 13.6. The van der Waals surface area contributed by atoms with E-state index in [-0.39, 0.29) is 18.3 Å². The SMILES string of the molecule is COC(=O)[C@@H]1C(=O)C2=C(C[C@@H]1C)NC(C)=C(C(=O)OCc1ccccc1)[C@H]2c1cccs1. The Hall–Kier alpha value is -3.19. The molecule has 6 nitrogen and oxygen atoms in total. The monoisotopic (exact) mass is 451 g/mol. The van der Waals surface area contributed by atoms with E-state index in [1.54, 1.807) is 0 Å². The van der Waals surface area contributed by atoms with Gasteiger partial charge in [-0.15, -0.1) is 11.3 Å². The third kappa shape index (κ3) is 4.00. The van der Waals surface area contributed by atoms with Gasteiger partial charge < -0.3 is 14.8 Å². The van der Waals surface area contributed by atoms with Crippen LogP contribution in [0.5, 0.6) is 0 Å². The van der Waals surface area contributed by atoms with Crippen LogP contribution in [0, 0.1) is 11.8 Å². The zero-order valence-corrected chi connectivity index (χ0v) is 19.0. The number of Topliss-reactive ketones (excluding diaryl/α,β-unsaturated/α-hetero) is 1. The minimum atomic E-state index is -0.886. The number of rotatable bonds is 5. The number of hydrogen-bond donors (Lipinski definition) is 1. The summed E-state index contributed by atoms with van der Waals surface area (Å²) in [5.74, 6) is -2.99. The molecular weight excluding hydrogens is 426 g/mol. The summed E-state index contributed by atoms with van der Waals surface area (Å²) >= 11 is 1.47. The Morgan fingerprint density at radius 1 is 1.16 bits per heavy atom. The van der Waals surface area contributed by atoms with Gasteiger partial charge in [0.2, 0.25) is 0 Å². The molecule has 7 heteroatoms. The fourth-order valence-corrected chi connectivity index (χ4v) is 5.34. The number of allylic oxidation sites excluding steroid dienone is 3. The van der Waals surface area contributed by atoms with Gasteiger partial charge >= 0.3 is 11.9 Å². The number of hydrogen-bond acceptors (Lipinski definition) is 7. The van der Waals surface area contributed by atoms with Crippen LogP contribution in [0.25, 0.3) is 0 Å². The molecule has 32 heavy (non-hydrogen) atoms. The van der Waals surface area contributed by atoms with E-state index in [1.165, 1.54) is 18.4 Å². The lowest BCUT2D eigenvalue weighted by atomic mass is 9.70. The van der Waals surface area contributed by atoms with Crippen LogP contribution in [0.2, 0.25) is 0 Å². The van der Waals surface area contributed by atoms with Crippen molar-refractivity contribution in [2.75, 3.05) is 7.11 Å². The molecule has 1 N–H and O–H groups in total. The van der Waals surface area contributed by atoms with Gasteiger partial charge in [-0.2, -0.15) is 0 Å². The first kappa shape index (κ1) is 22.0. The van der Waals surface area contributed by atoms with E-state index in [0.29, 0.717) is 23.3 Å². The number of carbonyl (C=O) groups is 3. The third-order valence-electron chi connectivity index (χ3n) is 6.00. The number of carbonyl (C=O) groups excluding carboxylic acids is 3. The Morgan fingerprint density at radius 3 is 2.56 bits per heavy atom. The number of ketones is 1. The van der Waals surface area contributed by atoms with E-state index in [2.05, 4.69) is 5.32 Å². The van der Waals surface area contributed by atoms with Crippen LogP contribution < -0.4 is 5.32 Å². The average Bonchev–Trinajstić information content (AvgIpc) is 3.31. The van der Waals surface area contributed by atoms with Crippen LogP contribution in [-0.4, -0.2) is 24.8 Å². The zero-order valence-electron chi connectivity index (χ0n) is 18.2. The lowest BCUT2D eigenvalue weighted by molar-refractivity contribution is -0.151. The molecule has 0 radical (unpaired) electrons. The van der Waals surface area contributed by atoms with Gasteiger partial charge in [-0.3, -0.25) is 9.59 Å². The highest BCUT2D eigenvalue weighted by atomic mass is 32.1. The normalized spacial score (nSPS) is 22.8. The number of nitrogens with one attached hydrogen (secondary N) is 1. The Bertz CT molecular complexity index is 1100. The topological polar surface area (TPSA) is 81.7 Å². The van der Waals surface area contributed by atoms with Crippen molar-refractivity contribution in [3.8, 4) is 0 Å². The number of benzene rings is 1. The lowest BCUT2D eigenvalue weighted by Crippen LogP contribution is -2.43. The molecule has 0 bridgehead atoms. The molecule has 2 aliphatic rings. The highest BCUT2D eigenvalue weighted by Gasteiger charge is 2.47. The van der Waals surface area contributed by atoms with Gasteiger partial charge in [0.1, 0.15) is 12.5 Å². The van der Waals surface area contributed by atoms with Crippen molar-refractivity contribution in [1.82, 2.24) is 5.32 Å². The third-order valence-corrected chi connectivity index (χ3v) is 6.94. The molecule has 3 atom stereocenters. The fraction of sp³-hybridized carbons (Fsp3) is 0.320. The molecule has 1 aromatic heterocycles. The second-order valence-corrected chi connectivity index (χ2v) is 9.09. The Balaban J connectivity index is 1.72. The lowest BCUT2D eigenvalue weighted by Gasteiger charge is -2.37. The maximum Gasteiger partial charge on any atom is 0.337 e. The molecule has 0 spiro atoms. The van der Waals surface area contributed by atoms with E-state index in [4.69, 9.17) is 9.47 Å². The van der Waals surface area contributed by atoms with Gasteiger partial charge in [0, 0.05) is 21.8 Å². The van der Waals surface area contributed by atoms with Gasteiger partial charge in [-0.05, 0) is 36.3 Å². The van der Waals surface area contributed by atoms with Crippen LogP contribution in [-0.2, 0) is 30.5 Å². The van der Waals surface area contributed by atoms with Crippen LogP contribution >= 0.6 is 11.3 Å². The van der Waals surface area contributed by atoms with Crippen molar-refractivity contribution in [3.63, 3.8) is 0 Å². The highest BCUT2D eigenvalue weighted by molar-refractivity contribution is 7.10. The van der Waals surface area contributed by atoms with Crippen molar-refractivity contribution in [3.05, 3.63) is 80.8 Å². The average molecular weight is 452 g/mol. The van der Waals surface area contributed by atoms with E-state index in [0.717, 1.165) is 16.1 Å². The summed E-state index contributed by atoms with van der Waals surface area (Å²) in [6.07, 6.45) is 0.520. The van der Waals surface area contributed by atoms with Crippen LogP contribution in [0.1, 0.15) is 36.6 Å². The van der Waals surface area contributed by atoms with Gasteiger partial charge in [0.15, 0.2) is 5.78 Å². The fourth-order valence-electron chi connectivity index (χ4n) is 4.49. The summed E-state index contributed by atoms with van der Waals surface area (Å²) in [5, 5.41) is 5.18. The molecule has 1 aliphatic heterocycles. The Labute approximate surface area is 190 Å². The zero-order chi connectivity index (χ0) is 22.8. The van der Waals surface area contributed by atoms with E-state index >= 15 is 0 Å². The number of methoxy groups -OCH3 is 1. The molecule has 2 aromatic rings. The second-order valence-electron chi connectivity index (χ2n) is 8.11. The summed E-state index contributed by atoms with van der Waals surface area (Å²) in [4.78, 5) is 40.1. The quantitative estimate of drug-likeness (QED) is 0.544. The standard InChI is InChI=1S/C25H25NO5S/c1-14-12-17-21(23(27)19(14)24(28)30-3)22(18-10-7-11-32-18)20(15(2)26-17)25(29)31-13-16-8-5-4-6-9-16/h4-11,14,19,22,26H,12-13H2,1-3H3/t14-,19-,22+/m0/s1. The molecule has 1 aromatic carbocycles. The predicted molar refractivity (Wildman–Crippen MR) is 120 cm³/mol. The number of thiophene rings is 1. The summed E-state index contributed by atoms with van der Waals surface area (Å²) in [7, 11) is 1.29. The van der Waals surface area contributed by atoms with Gasteiger partial charge in [0.25, 0.3) is 0 Å². The van der Waals surface area contributed by atoms with Crippen LogP contribution in [0.15, 0.2) is 70.4 Å². The minimum absolute atomic E-state index is 0.134. The molecule has 0 amide bonds. The van der Waals surface area contributed by atoms with Gasteiger partial charge in [0.05, 0.1) is 18.6 Å². The molecule has 2 heterocycles. The summed E-state index contributed by atoms with van der Waals surface area (Å²) in [6.45, 7) is 3.83. The van der Waals surface area contributed by atoms with Crippen molar-refractivity contribution in [1.29, 1.82) is 0 Å². The van der Waals surface area contributed by atoms with E-state index < -0.39 is 23.8 Å². The minimum Gasteiger partial charge on any atom is -0.468 e. The summed E-state index contributed by atoms with van der Waals surface area (Å²) in [5.41, 5.74) is 3.16. The molecule has 0 saturated carbocycles. The van der Waals surface area contributed by atoms with E-state index in [1.807, 2.05) is 61.7 Å². The first-order valence-electron chi connectivity index (χ1n) is 10.5. The van der Waals surface area contributed by atoms with Crippen molar-refractivity contribution in [2.45, 2.75) is 32.8 Å². The van der Waals surface area contributed by atoms with Crippen molar-refractivity contribution in [2.24, 2.45) is 11.8 Å². The number of esters is 2. The van der Waals surface area contributed by atoms with E-state index in [9.17, 15) is 14.4 Å². The van der Waals surface area contributed by atoms with Crippen molar-refractivity contribution < 1.29 is 23.9 Å². The predicted octanol–water partition coefficient (Wildman–Crippen LogP) is 4.10. The first-order chi connectivity index (χ1) is 15.4. The molecule has 1 aliphatic carbocycles. The van der Waals surface area contributed by atoms with Gasteiger partial charge in [-0.25, -0.2) is 4.79 Å². The molecular formula is C25H25NO5S. The second kappa shape index (κ2) is 9.12. The summed E-state index contributed by atoms with van der Waals surface area (Å²) in [6, 6.07) is 13.2. The molecule has 4 rings (SSSR count). The summed E-state index contributed by atoms with van der Waals surface area (Å²) < 4.78 is 10.6. The molecule has 0 fully saturated rings. The van der Waals surface area contributed by atoms with Crippen LogP contribution in [0.4, 0.5) is 0 Å². The van der Waals surface area contributed by atoms with Crippen LogP contribution in [0.3, 0.4) is 0 Å². The molecule has 0 saturated heterocycles. The smallest absolute Gasteiger partial charge is 0.337 e. The maximum absolute atomic E-state index is 13.6. The molecule has 166 valence electrons. The highest BCUT2D eigenvalue weighted by Crippen LogP contribution is 2.46. The van der Waals surface area contributed by atoms with Gasteiger partial charge in [-0.1, -0.05) is 43.3 Å². The van der Waals surface area contributed by atoms with Crippen molar-refractivity contribution >= 4 is 29.1 Å².